The van der Waals surface area contributed by atoms with Crippen molar-refractivity contribution >= 4 is 12.6 Å². The Morgan fingerprint density at radius 1 is 1.12 bits per heavy atom. The number of hydrogen-bond donors (Lipinski definition) is 1. The Morgan fingerprint density at radius 3 is 2.38 bits per heavy atom. The second-order valence-electron chi connectivity index (χ2n) is 8.12. The summed E-state index contributed by atoms with van der Waals surface area (Å²) >= 11 is 0. The molecule has 5 heteroatoms. The second-order valence-corrected chi connectivity index (χ2v) is 8.12. The monoisotopic (exact) mass is 331 g/mol. The summed E-state index contributed by atoms with van der Waals surface area (Å²) in [6.07, 6.45) is 3.00. The van der Waals surface area contributed by atoms with E-state index in [4.69, 9.17) is 14.0 Å². The van der Waals surface area contributed by atoms with Gasteiger partial charge in [-0.1, -0.05) is 19.1 Å². The molecule has 0 aromatic heterocycles. The van der Waals surface area contributed by atoms with Gasteiger partial charge in [-0.25, -0.2) is 0 Å². The lowest BCUT2D eigenvalue weighted by Gasteiger charge is -2.32. The Balaban J connectivity index is 1.81. The van der Waals surface area contributed by atoms with Crippen LogP contribution in [0.4, 0.5) is 0 Å². The molecule has 1 unspecified atom stereocenters. The Morgan fingerprint density at radius 2 is 1.79 bits per heavy atom. The van der Waals surface area contributed by atoms with Crippen LogP contribution in [0.5, 0.6) is 5.75 Å². The van der Waals surface area contributed by atoms with Crippen molar-refractivity contribution in [2.75, 3.05) is 13.6 Å². The molecule has 2 heterocycles. The highest BCUT2D eigenvalue weighted by Crippen LogP contribution is 2.40. The number of ether oxygens (including phenoxy) is 1. The zero-order chi connectivity index (χ0) is 17.6. The van der Waals surface area contributed by atoms with Crippen LogP contribution in [0.1, 0.15) is 53.0 Å². The number of rotatable bonds is 5. The van der Waals surface area contributed by atoms with Crippen molar-refractivity contribution < 1.29 is 14.0 Å². The first-order valence-electron chi connectivity index (χ1n) is 9.04. The zero-order valence-electron chi connectivity index (χ0n) is 15.9. The molecule has 2 aliphatic rings. The average molecular weight is 331 g/mol. The molecular formula is C19H30BNO3. The molecule has 132 valence electrons. The van der Waals surface area contributed by atoms with Gasteiger partial charge in [-0.15, -0.1) is 0 Å². The predicted octanol–water partition coefficient (Wildman–Crippen LogP) is 2.68. The molecular weight excluding hydrogens is 301 g/mol. The number of nitrogens with one attached hydrogen (secondary N) is 1. The van der Waals surface area contributed by atoms with E-state index in [1.54, 1.807) is 0 Å². The highest BCUT2D eigenvalue weighted by Gasteiger charge is 2.52. The molecule has 1 aromatic rings. The maximum Gasteiger partial charge on any atom is 0.494 e. The van der Waals surface area contributed by atoms with E-state index in [-0.39, 0.29) is 23.9 Å². The summed E-state index contributed by atoms with van der Waals surface area (Å²) in [6, 6.07) is 6.40. The molecule has 2 aliphatic heterocycles. The summed E-state index contributed by atoms with van der Waals surface area (Å²) in [7, 11) is 1.65. The van der Waals surface area contributed by atoms with Gasteiger partial charge >= 0.3 is 7.12 Å². The van der Waals surface area contributed by atoms with Gasteiger partial charge in [0, 0.05) is 6.42 Å². The molecule has 1 N–H and O–H groups in total. The maximum absolute atomic E-state index is 6.40. The van der Waals surface area contributed by atoms with Crippen LogP contribution in [0, 0.1) is 0 Å². The van der Waals surface area contributed by atoms with Crippen molar-refractivity contribution in [3.63, 3.8) is 0 Å². The van der Waals surface area contributed by atoms with Gasteiger partial charge in [0.25, 0.3) is 0 Å². The fourth-order valence-corrected chi connectivity index (χ4v) is 3.42. The summed E-state index contributed by atoms with van der Waals surface area (Å²) in [4.78, 5) is 0. The highest BCUT2D eigenvalue weighted by molar-refractivity contribution is 6.62. The molecule has 1 aromatic carbocycles. The minimum Gasteiger partial charge on any atom is -0.487 e. The third-order valence-corrected chi connectivity index (χ3v) is 5.93. The van der Waals surface area contributed by atoms with Crippen LogP contribution in [0.2, 0.25) is 0 Å². The molecule has 1 atom stereocenters. The average Bonchev–Trinajstić information content (AvgIpc) is 2.99. The normalized spacial score (nSPS) is 27.2. The molecule has 0 saturated carbocycles. The van der Waals surface area contributed by atoms with Crippen molar-refractivity contribution in [2.45, 2.75) is 70.7 Å². The molecule has 1 saturated heterocycles. The van der Waals surface area contributed by atoms with Crippen molar-refractivity contribution in [3.8, 4) is 5.75 Å². The Labute approximate surface area is 146 Å². The first kappa shape index (κ1) is 17.8. The molecule has 0 spiro atoms. The Bertz CT molecular complexity index is 601. The highest BCUT2D eigenvalue weighted by atomic mass is 16.7. The Hall–Kier alpha value is -1.04. The van der Waals surface area contributed by atoms with Crippen LogP contribution in [0.25, 0.3) is 0 Å². The minimum absolute atomic E-state index is 0.0834. The van der Waals surface area contributed by atoms with E-state index in [1.165, 1.54) is 5.56 Å². The third-order valence-electron chi connectivity index (χ3n) is 5.93. The minimum atomic E-state index is -0.335. The second kappa shape index (κ2) is 6.04. The standard InChI is InChI=1S/C19H30BNO3/c1-7-19(10-11-21-6)13-14-8-9-15(12-16(14)22-19)20-23-17(2,3)18(4,5)24-20/h8-9,12,21H,7,10-11,13H2,1-6H3. The van der Waals surface area contributed by atoms with Gasteiger partial charge in [0.15, 0.2) is 0 Å². The SMILES string of the molecule is CCC1(CCNC)Cc2ccc(B3OC(C)(C)C(C)(C)O3)cc2O1. The Kier molecular flexibility index (Phi) is 4.48. The van der Waals surface area contributed by atoms with Crippen LogP contribution in [-0.2, 0) is 15.7 Å². The van der Waals surface area contributed by atoms with Crippen LogP contribution in [-0.4, -0.2) is 37.5 Å². The molecule has 0 amide bonds. The lowest BCUT2D eigenvalue weighted by atomic mass is 9.78. The van der Waals surface area contributed by atoms with Crippen molar-refractivity contribution in [1.82, 2.24) is 5.32 Å². The van der Waals surface area contributed by atoms with Gasteiger partial charge < -0.3 is 19.4 Å². The molecule has 1 fully saturated rings. The fraction of sp³-hybridized carbons (Fsp3) is 0.684. The topological polar surface area (TPSA) is 39.7 Å². The fourth-order valence-electron chi connectivity index (χ4n) is 3.42. The zero-order valence-corrected chi connectivity index (χ0v) is 15.9. The van der Waals surface area contributed by atoms with E-state index in [9.17, 15) is 0 Å². The number of hydrogen-bond acceptors (Lipinski definition) is 4. The van der Waals surface area contributed by atoms with Gasteiger partial charge in [0.1, 0.15) is 11.4 Å². The van der Waals surface area contributed by atoms with Crippen molar-refractivity contribution in [2.24, 2.45) is 0 Å². The molecule has 0 radical (unpaired) electrons. The van der Waals surface area contributed by atoms with E-state index in [0.29, 0.717) is 0 Å². The summed E-state index contributed by atoms with van der Waals surface area (Å²) < 4.78 is 18.7. The lowest BCUT2D eigenvalue weighted by molar-refractivity contribution is 0.00578. The van der Waals surface area contributed by atoms with Gasteiger partial charge in [-0.05, 0) is 71.2 Å². The van der Waals surface area contributed by atoms with Crippen molar-refractivity contribution in [1.29, 1.82) is 0 Å². The lowest BCUT2D eigenvalue weighted by Crippen LogP contribution is -2.41. The molecule has 0 aliphatic carbocycles. The van der Waals surface area contributed by atoms with E-state index < -0.39 is 0 Å². The van der Waals surface area contributed by atoms with Gasteiger partial charge in [-0.2, -0.15) is 0 Å². The molecule has 4 nitrogen and oxygen atoms in total. The summed E-state index contributed by atoms with van der Waals surface area (Å²) in [5.41, 5.74) is 1.59. The van der Waals surface area contributed by atoms with Crippen LogP contribution >= 0.6 is 0 Å². The smallest absolute Gasteiger partial charge is 0.487 e. The number of benzene rings is 1. The van der Waals surface area contributed by atoms with E-state index in [1.807, 2.05) is 7.05 Å². The van der Waals surface area contributed by atoms with E-state index in [2.05, 4.69) is 58.1 Å². The molecule has 0 bridgehead atoms. The van der Waals surface area contributed by atoms with E-state index >= 15 is 0 Å². The summed E-state index contributed by atoms with van der Waals surface area (Å²) in [5.74, 6) is 0.986. The van der Waals surface area contributed by atoms with E-state index in [0.717, 1.165) is 37.0 Å². The molecule has 24 heavy (non-hydrogen) atoms. The van der Waals surface area contributed by atoms with Gasteiger partial charge in [-0.3, -0.25) is 0 Å². The first-order valence-corrected chi connectivity index (χ1v) is 9.04. The van der Waals surface area contributed by atoms with Crippen LogP contribution in [0.15, 0.2) is 18.2 Å². The summed E-state index contributed by atoms with van der Waals surface area (Å²) in [5, 5.41) is 3.23. The molecule has 3 rings (SSSR count). The third kappa shape index (κ3) is 2.98. The largest absolute Gasteiger partial charge is 0.494 e. The van der Waals surface area contributed by atoms with Gasteiger partial charge in [0.05, 0.1) is 11.2 Å². The quantitative estimate of drug-likeness (QED) is 0.842. The predicted molar refractivity (Wildman–Crippen MR) is 98.1 cm³/mol. The first-order chi connectivity index (χ1) is 11.2. The van der Waals surface area contributed by atoms with Crippen LogP contribution < -0.4 is 15.5 Å². The number of fused-ring (bicyclic) bond motifs is 1. The summed E-state index contributed by atoms with van der Waals surface area (Å²) in [6.45, 7) is 11.5. The van der Waals surface area contributed by atoms with Gasteiger partial charge in [0.2, 0.25) is 0 Å². The van der Waals surface area contributed by atoms with Crippen molar-refractivity contribution in [3.05, 3.63) is 23.8 Å². The maximum atomic E-state index is 6.40. The van der Waals surface area contributed by atoms with Crippen LogP contribution in [0.3, 0.4) is 0 Å².